The first-order valence-electron chi connectivity index (χ1n) is 6.38. The molecule has 3 N–H and O–H groups in total. The van der Waals surface area contributed by atoms with Crippen LogP contribution in [0.1, 0.15) is 19.3 Å². The van der Waals surface area contributed by atoms with Crippen molar-refractivity contribution in [1.82, 2.24) is 0 Å². The second-order valence-electron chi connectivity index (χ2n) is 4.23. The summed E-state index contributed by atoms with van der Waals surface area (Å²) < 4.78 is 0. The fourth-order valence-corrected chi connectivity index (χ4v) is 0.724. The van der Waals surface area contributed by atoms with Gasteiger partial charge in [0, 0.05) is 74.3 Å². The number of aliphatic hydroxyl groups excluding tert-OH is 3. The molecule has 0 saturated heterocycles. The van der Waals surface area contributed by atoms with Gasteiger partial charge in [0.25, 0.3) is 0 Å². The molecule has 0 aromatic rings. The maximum Gasteiger partial charge on any atom is 0.0985 e. The molecule has 0 heterocycles. The summed E-state index contributed by atoms with van der Waals surface area (Å²) in [4.78, 5) is 57.4. The van der Waals surface area contributed by atoms with Gasteiger partial charge >= 0.3 is 0 Å². The molecule has 2 radical (unpaired) electrons. The number of carboxylic acids is 6. The minimum absolute atomic E-state index is 0. The first-order chi connectivity index (χ1) is 12.1. The summed E-state index contributed by atoms with van der Waals surface area (Å²) in [5.74, 6) is -10.3. The van der Waals surface area contributed by atoms with Gasteiger partial charge in [0.1, 0.15) is 0 Å². The minimum atomic E-state index is -1.96. The van der Waals surface area contributed by atoms with Crippen LogP contribution in [0.25, 0.3) is 0 Å². The van der Waals surface area contributed by atoms with Crippen LogP contribution in [0.3, 0.4) is 0 Å². The van der Waals surface area contributed by atoms with E-state index in [1.807, 2.05) is 0 Å². The van der Waals surface area contributed by atoms with Crippen molar-refractivity contribution >= 4 is 35.8 Å². The van der Waals surface area contributed by atoms with E-state index in [-0.39, 0.29) is 37.1 Å². The molecule has 0 aromatic heterocycles. The van der Waals surface area contributed by atoms with Gasteiger partial charge in [-0.3, -0.25) is 0 Å². The maximum atomic E-state index is 9.58. The van der Waals surface area contributed by atoms with Crippen molar-refractivity contribution in [2.45, 2.75) is 37.6 Å². The van der Waals surface area contributed by atoms with Gasteiger partial charge in [-0.05, 0) is 0 Å². The molecule has 29 heavy (non-hydrogen) atoms. The van der Waals surface area contributed by atoms with Gasteiger partial charge in [0.2, 0.25) is 0 Å². The van der Waals surface area contributed by atoms with Crippen molar-refractivity contribution in [2.75, 3.05) is 0 Å². The standard InChI is InChI=1S/3C4H6O5.2V/c3*5-2(4(8)9)1-3(6)7;;/h3*2,5H,1H2,(H,6,7)(H,8,9);;/p-6. The summed E-state index contributed by atoms with van der Waals surface area (Å²) in [6.07, 6.45) is -8.67. The second-order valence-corrected chi connectivity index (χ2v) is 4.23. The minimum Gasteiger partial charge on any atom is -0.550 e. The topological polar surface area (TPSA) is 301 Å². The quantitative estimate of drug-likeness (QED) is 0.266. The van der Waals surface area contributed by atoms with Crippen molar-refractivity contribution in [2.24, 2.45) is 0 Å². The molecule has 0 aliphatic rings. The number of hydrogen-bond donors (Lipinski definition) is 3. The summed E-state index contributed by atoms with van der Waals surface area (Å²) in [5, 5.41) is 82.0. The summed E-state index contributed by atoms with van der Waals surface area (Å²) in [7, 11) is 0. The van der Waals surface area contributed by atoms with Gasteiger partial charge in [0.05, 0.1) is 36.2 Å². The third-order valence-electron chi connectivity index (χ3n) is 1.90. The molecule has 0 aliphatic heterocycles. The van der Waals surface area contributed by atoms with Crippen LogP contribution in [0.2, 0.25) is 0 Å². The second kappa shape index (κ2) is 20.6. The average Bonchev–Trinajstić information content (AvgIpc) is 2.46. The molecule has 0 rings (SSSR count). The first-order valence-corrected chi connectivity index (χ1v) is 6.38. The van der Waals surface area contributed by atoms with Crippen LogP contribution in [-0.2, 0) is 65.9 Å². The zero-order chi connectivity index (χ0) is 22.3. The van der Waals surface area contributed by atoms with E-state index in [1.165, 1.54) is 0 Å². The van der Waals surface area contributed by atoms with E-state index < -0.39 is 73.4 Å². The van der Waals surface area contributed by atoms with Gasteiger partial charge < -0.3 is 74.7 Å². The Kier molecular flexibility index (Phi) is 26.7. The van der Waals surface area contributed by atoms with Gasteiger partial charge in [0.15, 0.2) is 0 Å². The van der Waals surface area contributed by atoms with Gasteiger partial charge in [-0.15, -0.1) is 0 Å². The summed E-state index contributed by atoms with van der Waals surface area (Å²) >= 11 is 0. The summed E-state index contributed by atoms with van der Waals surface area (Å²) in [5.41, 5.74) is 0. The smallest absolute Gasteiger partial charge is 0.0985 e. The first kappa shape index (κ1) is 37.6. The zero-order valence-electron chi connectivity index (χ0n) is 14.0. The number of aliphatic hydroxyl groups is 3. The largest absolute Gasteiger partial charge is 0.550 e. The Balaban J connectivity index is -0.0000000960. The van der Waals surface area contributed by atoms with Crippen molar-refractivity contribution in [3.63, 3.8) is 0 Å². The molecule has 0 bridgehead atoms. The zero-order valence-corrected chi connectivity index (χ0v) is 16.8. The van der Waals surface area contributed by atoms with Crippen LogP contribution in [0.15, 0.2) is 0 Å². The Hall–Kier alpha value is -2.13. The Morgan fingerprint density at radius 3 is 0.655 bits per heavy atom. The predicted molar refractivity (Wildman–Crippen MR) is 61.9 cm³/mol. The van der Waals surface area contributed by atoms with Gasteiger partial charge in [-0.25, -0.2) is 0 Å². The molecule has 17 heteroatoms. The Labute approximate surface area is 185 Å². The van der Waals surface area contributed by atoms with E-state index in [0.717, 1.165) is 0 Å². The molecule has 3 atom stereocenters. The Morgan fingerprint density at radius 1 is 0.483 bits per heavy atom. The molecule has 0 amide bonds. The SMILES string of the molecule is O=C([O-])CC(O)C(=O)[O-].O=C([O-])CC(O)C(=O)[O-].O=C([O-])CC(O)C(=O)[O-].[V].[V]. The number of carboxylic acid groups (broad SMARTS) is 6. The van der Waals surface area contributed by atoms with Crippen molar-refractivity contribution in [3.8, 4) is 0 Å². The third-order valence-corrected chi connectivity index (χ3v) is 1.90. The number of carbonyl (C=O) groups is 6. The van der Waals surface area contributed by atoms with Crippen LogP contribution in [-0.4, -0.2) is 69.4 Å². The predicted octanol–water partition coefficient (Wildman–Crippen LogP) is -11.3. The average molecular weight is 498 g/mol. The Morgan fingerprint density at radius 2 is 0.621 bits per heavy atom. The molecule has 0 saturated carbocycles. The van der Waals surface area contributed by atoms with E-state index in [4.69, 9.17) is 15.3 Å². The molecule has 0 fully saturated rings. The maximum absolute atomic E-state index is 9.58. The molecule has 166 valence electrons. The fraction of sp³-hybridized carbons (Fsp3) is 0.500. The fourth-order valence-electron chi connectivity index (χ4n) is 0.724. The monoisotopic (exact) mass is 498 g/mol. The van der Waals surface area contributed by atoms with E-state index in [0.29, 0.717) is 0 Å². The van der Waals surface area contributed by atoms with Crippen LogP contribution in [0.5, 0.6) is 0 Å². The molecule has 0 spiro atoms. The van der Waals surface area contributed by atoms with Crippen molar-refractivity contribution < 1.29 is 112 Å². The molecular formula is C12H12O15V2-6. The number of aliphatic carboxylic acids is 6. The van der Waals surface area contributed by atoms with E-state index in [2.05, 4.69) is 0 Å². The molecule has 15 nitrogen and oxygen atoms in total. The molecular weight excluding hydrogens is 486 g/mol. The summed E-state index contributed by atoms with van der Waals surface area (Å²) in [6.45, 7) is 0. The van der Waals surface area contributed by atoms with Crippen LogP contribution < -0.4 is 30.6 Å². The van der Waals surface area contributed by atoms with Crippen LogP contribution >= 0.6 is 0 Å². The van der Waals surface area contributed by atoms with Crippen LogP contribution in [0, 0.1) is 0 Å². The van der Waals surface area contributed by atoms with Crippen LogP contribution in [0.4, 0.5) is 0 Å². The van der Waals surface area contributed by atoms with Gasteiger partial charge in [-0.2, -0.15) is 0 Å². The van der Waals surface area contributed by atoms with E-state index in [1.54, 1.807) is 0 Å². The normalized spacial score (nSPS) is 11.7. The summed E-state index contributed by atoms with van der Waals surface area (Å²) in [6, 6.07) is 0. The molecule has 3 unspecified atom stereocenters. The molecule has 0 aromatic carbocycles. The van der Waals surface area contributed by atoms with Crippen molar-refractivity contribution in [1.29, 1.82) is 0 Å². The molecule has 0 aliphatic carbocycles. The van der Waals surface area contributed by atoms with E-state index >= 15 is 0 Å². The number of hydrogen-bond acceptors (Lipinski definition) is 15. The van der Waals surface area contributed by atoms with E-state index in [9.17, 15) is 59.4 Å². The van der Waals surface area contributed by atoms with Gasteiger partial charge in [-0.1, -0.05) is 0 Å². The van der Waals surface area contributed by atoms with Crippen molar-refractivity contribution in [3.05, 3.63) is 0 Å². The number of rotatable bonds is 9. The Bertz CT molecular complexity index is 473. The third kappa shape index (κ3) is 30.8. The number of carbonyl (C=O) groups excluding carboxylic acids is 6.